The fourth-order valence-corrected chi connectivity index (χ4v) is 1.65. The van der Waals surface area contributed by atoms with Gasteiger partial charge >= 0.3 is 0 Å². The molecule has 3 N–H and O–H groups in total. The van der Waals surface area contributed by atoms with Gasteiger partial charge in [-0.25, -0.2) is 0 Å². The first kappa shape index (κ1) is 10.6. The first-order chi connectivity index (χ1) is 7.68. The van der Waals surface area contributed by atoms with Gasteiger partial charge in [-0.2, -0.15) is 0 Å². The van der Waals surface area contributed by atoms with Crippen LogP contribution in [0, 0.1) is 13.8 Å². The number of para-hydroxylation sites is 2. The SMILES string of the molecule is Cc1ccccc1Nc1cccc(C)c1N. The molecule has 0 unspecified atom stereocenters. The van der Waals surface area contributed by atoms with Crippen molar-refractivity contribution in [1.82, 2.24) is 0 Å². The Morgan fingerprint density at radius 3 is 2.19 bits per heavy atom. The first-order valence-corrected chi connectivity index (χ1v) is 5.36. The summed E-state index contributed by atoms with van der Waals surface area (Å²) in [4.78, 5) is 0. The van der Waals surface area contributed by atoms with Crippen molar-refractivity contribution in [2.45, 2.75) is 13.8 Å². The number of benzene rings is 2. The van der Waals surface area contributed by atoms with E-state index in [1.807, 2.05) is 37.3 Å². The molecule has 0 amide bonds. The Bertz CT molecular complexity index is 504. The molecule has 0 heterocycles. The summed E-state index contributed by atoms with van der Waals surface area (Å²) in [5.41, 5.74) is 11.2. The number of rotatable bonds is 2. The number of nitrogens with one attached hydrogen (secondary N) is 1. The van der Waals surface area contributed by atoms with Crippen molar-refractivity contribution in [2.24, 2.45) is 0 Å². The predicted octanol–water partition coefficient (Wildman–Crippen LogP) is 3.63. The Balaban J connectivity index is 2.35. The van der Waals surface area contributed by atoms with Gasteiger partial charge in [-0.05, 0) is 37.1 Å². The van der Waals surface area contributed by atoms with Crippen molar-refractivity contribution in [2.75, 3.05) is 11.1 Å². The highest BCUT2D eigenvalue weighted by molar-refractivity contribution is 5.75. The maximum Gasteiger partial charge on any atom is 0.0620 e. The lowest BCUT2D eigenvalue weighted by Crippen LogP contribution is -1.99. The second-order valence-corrected chi connectivity index (χ2v) is 3.98. The van der Waals surface area contributed by atoms with Gasteiger partial charge in [0, 0.05) is 5.69 Å². The summed E-state index contributed by atoms with van der Waals surface area (Å²) in [7, 11) is 0. The van der Waals surface area contributed by atoms with Crippen LogP contribution >= 0.6 is 0 Å². The normalized spacial score (nSPS) is 10.1. The highest BCUT2D eigenvalue weighted by atomic mass is 14.9. The Hall–Kier alpha value is -1.96. The van der Waals surface area contributed by atoms with Crippen molar-refractivity contribution in [3.05, 3.63) is 53.6 Å². The zero-order valence-electron chi connectivity index (χ0n) is 9.62. The quantitative estimate of drug-likeness (QED) is 0.746. The van der Waals surface area contributed by atoms with Gasteiger partial charge in [-0.3, -0.25) is 0 Å². The summed E-state index contributed by atoms with van der Waals surface area (Å²) in [5, 5.41) is 3.36. The second-order valence-electron chi connectivity index (χ2n) is 3.98. The number of hydrogen-bond donors (Lipinski definition) is 2. The molecule has 0 aliphatic heterocycles. The van der Waals surface area contributed by atoms with Crippen LogP contribution in [0.4, 0.5) is 17.1 Å². The molecular formula is C14H16N2. The maximum atomic E-state index is 6.02. The van der Waals surface area contributed by atoms with Crippen LogP contribution in [0.3, 0.4) is 0 Å². The Morgan fingerprint density at radius 1 is 0.812 bits per heavy atom. The molecule has 2 heteroatoms. The van der Waals surface area contributed by atoms with E-state index < -0.39 is 0 Å². The van der Waals surface area contributed by atoms with Crippen LogP contribution < -0.4 is 11.1 Å². The van der Waals surface area contributed by atoms with Crippen molar-refractivity contribution < 1.29 is 0 Å². The molecule has 2 rings (SSSR count). The van der Waals surface area contributed by atoms with Gasteiger partial charge < -0.3 is 11.1 Å². The number of aryl methyl sites for hydroxylation is 2. The van der Waals surface area contributed by atoms with Gasteiger partial charge in [0.1, 0.15) is 0 Å². The van der Waals surface area contributed by atoms with E-state index in [9.17, 15) is 0 Å². The summed E-state index contributed by atoms with van der Waals surface area (Å²) in [6, 6.07) is 14.2. The Labute approximate surface area is 96.1 Å². The van der Waals surface area contributed by atoms with Gasteiger partial charge in [-0.15, -0.1) is 0 Å². The average molecular weight is 212 g/mol. The lowest BCUT2D eigenvalue weighted by molar-refractivity contribution is 1.41. The van der Waals surface area contributed by atoms with Crippen LogP contribution in [0.15, 0.2) is 42.5 Å². The number of hydrogen-bond acceptors (Lipinski definition) is 2. The van der Waals surface area contributed by atoms with Gasteiger partial charge in [-0.1, -0.05) is 30.3 Å². The standard InChI is InChI=1S/C14H16N2/c1-10-6-3-4-8-12(10)16-13-9-5-7-11(2)14(13)15/h3-9,16H,15H2,1-2H3. The average Bonchev–Trinajstić information content (AvgIpc) is 2.28. The summed E-state index contributed by atoms with van der Waals surface area (Å²) in [6.07, 6.45) is 0. The van der Waals surface area contributed by atoms with Crippen molar-refractivity contribution >= 4 is 17.1 Å². The molecule has 0 saturated heterocycles. The van der Waals surface area contributed by atoms with Crippen molar-refractivity contribution in [3.8, 4) is 0 Å². The van der Waals surface area contributed by atoms with Crippen LogP contribution in [-0.4, -0.2) is 0 Å². The molecule has 2 aromatic rings. The van der Waals surface area contributed by atoms with Crippen LogP contribution in [-0.2, 0) is 0 Å². The zero-order chi connectivity index (χ0) is 11.5. The third kappa shape index (κ3) is 2.01. The minimum Gasteiger partial charge on any atom is -0.397 e. The van der Waals surface area contributed by atoms with E-state index in [1.165, 1.54) is 5.56 Å². The molecule has 0 bridgehead atoms. The molecule has 0 fully saturated rings. The van der Waals surface area contributed by atoms with Crippen LogP contribution in [0.2, 0.25) is 0 Å². The third-order valence-corrected chi connectivity index (χ3v) is 2.74. The van der Waals surface area contributed by atoms with E-state index >= 15 is 0 Å². The Morgan fingerprint density at radius 2 is 1.44 bits per heavy atom. The van der Waals surface area contributed by atoms with E-state index in [-0.39, 0.29) is 0 Å². The third-order valence-electron chi connectivity index (χ3n) is 2.74. The highest BCUT2D eigenvalue weighted by Gasteiger charge is 2.02. The van der Waals surface area contributed by atoms with Gasteiger partial charge in [0.15, 0.2) is 0 Å². The molecule has 0 spiro atoms. The predicted molar refractivity (Wildman–Crippen MR) is 70.1 cm³/mol. The lowest BCUT2D eigenvalue weighted by Gasteiger charge is -2.12. The fourth-order valence-electron chi connectivity index (χ4n) is 1.65. The summed E-state index contributed by atoms with van der Waals surface area (Å²) in [5.74, 6) is 0. The molecule has 0 atom stereocenters. The number of nitrogens with two attached hydrogens (primary N) is 1. The van der Waals surface area contributed by atoms with E-state index in [2.05, 4.69) is 24.4 Å². The lowest BCUT2D eigenvalue weighted by atomic mass is 10.1. The minimum atomic E-state index is 0.811. The second kappa shape index (κ2) is 4.27. The van der Waals surface area contributed by atoms with Crippen molar-refractivity contribution in [1.29, 1.82) is 0 Å². The fraction of sp³-hybridized carbons (Fsp3) is 0.143. The summed E-state index contributed by atoms with van der Waals surface area (Å²) in [6.45, 7) is 4.09. The topological polar surface area (TPSA) is 38.0 Å². The van der Waals surface area contributed by atoms with E-state index in [4.69, 9.17) is 5.73 Å². The highest BCUT2D eigenvalue weighted by Crippen LogP contribution is 2.26. The molecule has 82 valence electrons. The van der Waals surface area contributed by atoms with E-state index in [0.717, 1.165) is 22.6 Å². The largest absolute Gasteiger partial charge is 0.397 e. The van der Waals surface area contributed by atoms with Gasteiger partial charge in [0.25, 0.3) is 0 Å². The molecule has 0 saturated carbocycles. The molecule has 16 heavy (non-hydrogen) atoms. The molecule has 2 nitrogen and oxygen atoms in total. The Kier molecular flexibility index (Phi) is 2.82. The summed E-state index contributed by atoms with van der Waals surface area (Å²) >= 11 is 0. The smallest absolute Gasteiger partial charge is 0.0620 e. The number of anilines is 3. The molecule has 2 aromatic carbocycles. The maximum absolute atomic E-state index is 6.02. The molecule has 0 aromatic heterocycles. The van der Waals surface area contributed by atoms with Crippen molar-refractivity contribution in [3.63, 3.8) is 0 Å². The van der Waals surface area contributed by atoms with E-state index in [0.29, 0.717) is 0 Å². The molecule has 0 aliphatic rings. The zero-order valence-corrected chi connectivity index (χ0v) is 9.62. The minimum absolute atomic E-state index is 0.811. The monoisotopic (exact) mass is 212 g/mol. The summed E-state index contributed by atoms with van der Waals surface area (Å²) < 4.78 is 0. The molecular weight excluding hydrogens is 196 g/mol. The van der Waals surface area contributed by atoms with Gasteiger partial charge in [0.2, 0.25) is 0 Å². The van der Waals surface area contributed by atoms with Crippen LogP contribution in [0.25, 0.3) is 0 Å². The first-order valence-electron chi connectivity index (χ1n) is 5.36. The molecule has 0 aliphatic carbocycles. The van der Waals surface area contributed by atoms with E-state index in [1.54, 1.807) is 0 Å². The van der Waals surface area contributed by atoms with Gasteiger partial charge in [0.05, 0.1) is 11.4 Å². The molecule has 0 radical (unpaired) electrons. The number of nitrogen functional groups attached to an aromatic ring is 1. The van der Waals surface area contributed by atoms with Crippen LogP contribution in [0.5, 0.6) is 0 Å². The van der Waals surface area contributed by atoms with Crippen LogP contribution in [0.1, 0.15) is 11.1 Å².